The van der Waals surface area contributed by atoms with E-state index in [1.54, 1.807) is 6.20 Å². The van der Waals surface area contributed by atoms with Gasteiger partial charge in [0.15, 0.2) is 5.82 Å². The smallest absolute Gasteiger partial charge is 0.152 e. The van der Waals surface area contributed by atoms with Crippen LogP contribution in [0.4, 0.5) is 11.5 Å². The van der Waals surface area contributed by atoms with Gasteiger partial charge in [-0.05, 0) is 37.3 Å². The SMILES string of the molecule is Cc1ccnc(N2CCCC(CO)C2)c1N. The van der Waals surface area contributed by atoms with Crippen LogP contribution in [0.2, 0.25) is 0 Å². The molecule has 4 heteroatoms. The van der Waals surface area contributed by atoms with E-state index in [0.29, 0.717) is 5.92 Å². The van der Waals surface area contributed by atoms with Crippen molar-refractivity contribution in [3.8, 4) is 0 Å². The molecule has 3 N–H and O–H groups in total. The molecule has 2 rings (SSSR count). The van der Waals surface area contributed by atoms with Crippen LogP contribution in [0, 0.1) is 12.8 Å². The molecule has 0 saturated carbocycles. The van der Waals surface area contributed by atoms with Gasteiger partial charge in [-0.3, -0.25) is 0 Å². The van der Waals surface area contributed by atoms with Crippen LogP contribution in [-0.2, 0) is 0 Å². The van der Waals surface area contributed by atoms with Crippen LogP contribution in [0.25, 0.3) is 0 Å². The molecule has 0 radical (unpaired) electrons. The van der Waals surface area contributed by atoms with Crippen molar-refractivity contribution < 1.29 is 5.11 Å². The van der Waals surface area contributed by atoms with Crippen molar-refractivity contribution in [3.05, 3.63) is 17.8 Å². The summed E-state index contributed by atoms with van der Waals surface area (Å²) in [6, 6.07) is 1.92. The fraction of sp³-hybridized carbons (Fsp3) is 0.583. The van der Waals surface area contributed by atoms with Gasteiger partial charge >= 0.3 is 0 Å². The molecule has 1 aromatic heterocycles. The van der Waals surface area contributed by atoms with E-state index in [-0.39, 0.29) is 6.61 Å². The molecule has 0 spiro atoms. The molecule has 88 valence electrons. The molecule has 2 heterocycles. The zero-order valence-electron chi connectivity index (χ0n) is 9.69. The van der Waals surface area contributed by atoms with Crippen molar-refractivity contribution in [2.24, 2.45) is 5.92 Å². The number of aryl methyl sites for hydroxylation is 1. The second-order valence-corrected chi connectivity index (χ2v) is 4.50. The third kappa shape index (κ3) is 2.11. The Morgan fingerprint density at radius 3 is 3.19 bits per heavy atom. The lowest BCUT2D eigenvalue weighted by Gasteiger charge is -2.33. The second-order valence-electron chi connectivity index (χ2n) is 4.50. The number of piperidine rings is 1. The van der Waals surface area contributed by atoms with Gasteiger partial charge in [0.05, 0.1) is 5.69 Å². The lowest BCUT2D eigenvalue weighted by atomic mass is 9.99. The first-order valence-electron chi connectivity index (χ1n) is 5.79. The van der Waals surface area contributed by atoms with Gasteiger partial charge in [-0.2, -0.15) is 0 Å². The molecule has 0 bridgehead atoms. The number of aliphatic hydroxyl groups is 1. The van der Waals surface area contributed by atoms with Crippen molar-refractivity contribution in [1.29, 1.82) is 0 Å². The van der Waals surface area contributed by atoms with Crippen LogP contribution in [0.15, 0.2) is 12.3 Å². The first kappa shape index (κ1) is 11.2. The van der Waals surface area contributed by atoms with Crippen molar-refractivity contribution in [3.63, 3.8) is 0 Å². The fourth-order valence-electron chi connectivity index (χ4n) is 2.21. The average Bonchev–Trinajstić information content (AvgIpc) is 2.33. The molecule has 1 aliphatic rings. The van der Waals surface area contributed by atoms with Gasteiger partial charge in [0, 0.05) is 25.9 Å². The summed E-state index contributed by atoms with van der Waals surface area (Å²) < 4.78 is 0. The van der Waals surface area contributed by atoms with Gasteiger partial charge < -0.3 is 15.7 Å². The fourth-order valence-corrected chi connectivity index (χ4v) is 2.21. The summed E-state index contributed by atoms with van der Waals surface area (Å²) in [4.78, 5) is 6.54. The molecular formula is C12H19N3O. The number of pyridine rings is 1. The van der Waals surface area contributed by atoms with Gasteiger partial charge in [0.2, 0.25) is 0 Å². The lowest BCUT2D eigenvalue weighted by molar-refractivity contribution is 0.208. The van der Waals surface area contributed by atoms with Crippen LogP contribution >= 0.6 is 0 Å². The van der Waals surface area contributed by atoms with Crippen molar-refractivity contribution >= 4 is 11.5 Å². The number of anilines is 2. The minimum atomic E-state index is 0.252. The molecule has 4 nitrogen and oxygen atoms in total. The van der Waals surface area contributed by atoms with Crippen molar-refractivity contribution in [2.45, 2.75) is 19.8 Å². The summed E-state index contributed by atoms with van der Waals surface area (Å²) in [5, 5.41) is 9.20. The molecule has 0 aromatic carbocycles. The number of nitrogens with two attached hydrogens (primary N) is 1. The molecule has 1 atom stereocenters. The monoisotopic (exact) mass is 221 g/mol. The summed E-state index contributed by atoms with van der Waals surface area (Å²) in [6.07, 6.45) is 3.99. The van der Waals surface area contributed by atoms with E-state index in [9.17, 15) is 5.11 Å². The Morgan fingerprint density at radius 1 is 1.62 bits per heavy atom. The summed E-state index contributed by atoms with van der Waals surface area (Å²) in [6.45, 7) is 4.09. The summed E-state index contributed by atoms with van der Waals surface area (Å²) in [7, 11) is 0. The maximum absolute atomic E-state index is 9.20. The Balaban J connectivity index is 2.20. The molecule has 1 fully saturated rings. The molecule has 0 amide bonds. The zero-order valence-corrected chi connectivity index (χ0v) is 9.69. The van der Waals surface area contributed by atoms with Crippen LogP contribution in [0.5, 0.6) is 0 Å². The first-order valence-corrected chi connectivity index (χ1v) is 5.79. The minimum absolute atomic E-state index is 0.252. The molecule has 1 saturated heterocycles. The minimum Gasteiger partial charge on any atom is -0.396 e. The van der Waals surface area contributed by atoms with Crippen LogP contribution in [0.1, 0.15) is 18.4 Å². The predicted molar refractivity (Wildman–Crippen MR) is 65.4 cm³/mol. The Hall–Kier alpha value is -1.29. The lowest BCUT2D eigenvalue weighted by Crippen LogP contribution is -2.37. The number of aromatic nitrogens is 1. The van der Waals surface area contributed by atoms with E-state index < -0.39 is 0 Å². The standard InChI is InChI=1S/C12H19N3O/c1-9-4-5-14-12(11(9)13)15-6-2-3-10(7-15)8-16/h4-5,10,16H,2-3,6-8,13H2,1H3. The van der Waals surface area contributed by atoms with E-state index in [1.165, 1.54) is 0 Å². The highest BCUT2D eigenvalue weighted by Crippen LogP contribution is 2.27. The maximum Gasteiger partial charge on any atom is 0.152 e. The Labute approximate surface area is 96.1 Å². The summed E-state index contributed by atoms with van der Waals surface area (Å²) in [5.41, 5.74) is 7.86. The third-order valence-corrected chi connectivity index (χ3v) is 3.26. The zero-order chi connectivity index (χ0) is 11.5. The molecule has 1 aromatic rings. The predicted octanol–water partition coefficient (Wildman–Crippen LogP) is 1.18. The van der Waals surface area contributed by atoms with Gasteiger partial charge in [-0.1, -0.05) is 0 Å². The average molecular weight is 221 g/mol. The van der Waals surface area contributed by atoms with Gasteiger partial charge in [0.25, 0.3) is 0 Å². The third-order valence-electron chi connectivity index (χ3n) is 3.26. The van der Waals surface area contributed by atoms with Gasteiger partial charge in [-0.25, -0.2) is 4.98 Å². The van der Waals surface area contributed by atoms with Crippen molar-refractivity contribution in [1.82, 2.24) is 4.98 Å². The Bertz CT molecular complexity index is 367. The molecule has 1 unspecified atom stereocenters. The number of hydrogen-bond acceptors (Lipinski definition) is 4. The summed E-state index contributed by atoms with van der Waals surface area (Å²) in [5.74, 6) is 1.23. The maximum atomic E-state index is 9.20. The van der Waals surface area contributed by atoms with E-state index >= 15 is 0 Å². The molecule has 16 heavy (non-hydrogen) atoms. The van der Waals surface area contributed by atoms with E-state index in [4.69, 9.17) is 5.73 Å². The number of nitrogens with zero attached hydrogens (tertiary/aromatic N) is 2. The van der Waals surface area contributed by atoms with Crippen LogP contribution in [-0.4, -0.2) is 29.8 Å². The normalized spacial score (nSPS) is 21.1. The van der Waals surface area contributed by atoms with Crippen molar-refractivity contribution in [2.75, 3.05) is 30.3 Å². The summed E-state index contributed by atoms with van der Waals surface area (Å²) >= 11 is 0. The number of nitrogen functional groups attached to an aromatic ring is 1. The highest BCUT2D eigenvalue weighted by atomic mass is 16.3. The number of rotatable bonds is 2. The molecular weight excluding hydrogens is 202 g/mol. The Morgan fingerprint density at radius 2 is 2.44 bits per heavy atom. The highest BCUT2D eigenvalue weighted by molar-refractivity contribution is 5.66. The van der Waals surface area contributed by atoms with Gasteiger partial charge in [-0.15, -0.1) is 0 Å². The van der Waals surface area contributed by atoms with Crippen LogP contribution < -0.4 is 10.6 Å². The largest absolute Gasteiger partial charge is 0.396 e. The quantitative estimate of drug-likeness (QED) is 0.787. The molecule has 0 aliphatic carbocycles. The van der Waals surface area contributed by atoms with E-state index in [2.05, 4.69) is 9.88 Å². The van der Waals surface area contributed by atoms with E-state index in [1.807, 2.05) is 13.0 Å². The topological polar surface area (TPSA) is 62.4 Å². The molecule has 1 aliphatic heterocycles. The highest BCUT2D eigenvalue weighted by Gasteiger charge is 2.21. The van der Waals surface area contributed by atoms with Crippen LogP contribution in [0.3, 0.4) is 0 Å². The first-order chi connectivity index (χ1) is 7.72. The second kappa shape index (κ2) is 4.70. The Kier molecular flexibility index (Phi) is 3.29. The van der Waals surface area contributed by atoms with E-state index in [0.717, 1.165) is 43.0 Å². The number of aliphatic hydroxyl groups excluding tert-OH is 1. The van der Waals surface area contributed by atoms with Gasteiger partial charge in [0.1, 0.15) is 0 Å². The number of hydrogen-bond donors (Lipinski definition) is 2.